The monoisotopic (exact) mass is 286 g/mol. The number of nitrogens with zero attached hydrogens (tertiary/aromatic N) is 1. The number of hydrogen-bond acceptors (Lipinski definition) is 5. The number of esters is 1. The maximum atomic E-state index is 11.9. The molecule has 0 aliphatic carbocycles. The Morgan fingerprint density at radius 3 is 2.80 bits per heavy atom. The lowest BCUT2D eigenvalue weighted by molar-refractivity contribution is -0.146. The molecule has 2 unspecified atom stereocenters. The minimum absolute atomic E-state index is 0.137. The molecule has 1 rings (SSSR count). The molecule has 1 N–H and O–H groups in total. The zero-order chi connectivity index (χ0) is 15.0. The van der Waals surface area contributed by atoms with Crippen molar-refractivity contribution in [1.82, 2.24) is 10.2 Å². The van der Waals surface area contributed by atoms with Gasteiger partial charge in [0.15, 0.2) is 0 Å². The highest BCUT2D eigenvalue weighted by Gasteiger charge is 2.24. The van der Waals surface area contributed by atoms with Crippen LogP contribution in [0.2, 0.25) is 0 Å². The van der Waals surface area contributed by atoms with E-state index in [1.807, 2.05) is 20.8 Å². The van der Waals surface area contributed by atoms with Crippen LogP contribution in [-0.4, -0.2) is 61.9 Å². The van der Waals surface area contributed by atoms with Crippen LogP contribution in [-0.2, 0) is 14.3 Å². The van der Waals surface area contributed by atoms with Gasteiger partial charge in [-0.15, -0.1) is 0 Å². The second kappa shape index (κ2) is 9.32. The fourth-order valence-electron chi connectivity index (χ4n) is 2.46. The minimum Gasteiger partial charge on any atom is -0.465 e. The van der Waals surface area contributed by atoms with Gasteiger partial charge in [-0.2, -0.15) is 0 Å². The third-order valence-corrected chi connectivity index (χ3v) is 3.52. The molecule has 0 aromatic carbocycles. The molecule has 0 aromatic heterocycles. The van der Waals surface area contributed by atoms with Gasteiger partial charge in [0, 0.05) is 25.7 Å². The van der Waals surface area contributed by atoms with Gasteiger partial charge in [-0.3, -0.25) is 9.69 Å². The smallest absolute Gasteiger partial charge is 0.323 e. The molecule has 2 atom stereocenters. The van der Waals surface area contributed by atoms with Gasteiger partial charge in [-0.1, -0.05) is 20.8 Å². The van der Waals surface area contributed by atoms with E-state index in [1.54, 1.807) is 0 Å². The highest BCUT2D eigenvalue weighted by atomic mass is 16.5. The molecule has 0 amide bonds. The Kier molecular flexibility index (Phi) is 8.11. The summed E-state index contributed by atoms with van der Waals surface area (Å²) in [5.41, 5.74) is 0. The SMILES string of the molecule is CCOC(=O)C(CCN1CCOC(CC)C1)NC(C)C. The first kappa shape index (κ1) is 17.4. The molecule has 0 bridgehead atoms. The van der Waals surface area contributed by atoms with E-state index in [9.17, 15) is 4.79 Å². The van der Waals surface area contributed by atoms with Crippen molar-refractivity contribution in [3.63, 3.8) is 0 Å². The van der Waals surface area contributed by atoms with Crippen LogP contribution < -0.4 is 5.32 Å². The molecule has 0 radical (unpaired) electrons. The number of morpholine rings is 1. The summed E-state index contributed by atoms with van der Waals surface area (Å²) in [4.78, 5) is 14.3. The molecule has 1 aliphatic heterocycles. The van der Waals surface area contributed by atoms with Gasteiger partial charge in [-0.25, -0.2) is 0 Å². The first-order valence-corrected chi connectivity index (χ1v) is 7.83. The summed E-state index contributed by atoms with van der Waals surface area (Å²) in [5.74, 6) is -0.137. The standard InChI is InChI=1S/C15H30N2O3/c1-5-13-11-17(9-10-20-13)8-7-14(16-12(3)4)15(18)19-6-2/h12-14,16H,5-11H2,1-4H3. The summed E-state index contributed by atoms with van der Waals surface area (Å²) in [7, 11) is 0. The van der Waals surface area contributed by atoms with E-state index in [1.165, 1.54) is 0 Å². The Morgan fingerprint density at radius 2 is 2.20 bits per heavy atom. The highest BCUT2D eigenvalue weighted by molar-refractivity contribution is 5.75. The van der Waals surface area contributed by atoms with E-state index >= 15 is 0 Å². The van der Waals surface area contributed by atoms with E-state index in [4.69, 9.17) is 9.47 Å². The average Bonchev–Trinajstić information content (AvgIpc) is 2.43. The van der Waals surface area contributed by atoms with Crippen molar-refractivity contribution in [3.8, 4) is 0 Å². The largest absolute Gasteiger partial charge is 0.465 e. The Hall–Kier alpha value is -0.650. The quantitative estimate of drug-likeness (QED) is 0.684. The third-order valence-electron chi connectivity index (χ3n) is 3.52. The molecule has 0 spiro atoms. The van der Waals surface area contributed by atoms with Crippen LogP contribution >= 0.6 is 0 Å². The topological polar surface area (TPSA) is 50.8 Å². The van der Waals surface area contributed by atoms with Crippen molar-refractivity contribution < 1.29 is 14.3 Å². The van der Waals surface area contributed by atoms with E-state index < -0.39 is 0 Å². The second-order valence-electron chi connectivity index (χ2n) is 5.62. The van der Waals surface area contributed by atoms with Crippen molar-refractivity contribution in [2.45, 2.75) is 58.7 Å². The molecular formula is C15H30N2O3. The second-order valence-corrected chi connectivity index (χ2v) is 5.62. The fraction of sp³-hybridized carbons (Fsp3) is 0.933. The van der Waals surface area contributed by atoms with Crippen LogP contribution in [0, 0.1) is 0 Å². The third kappa shape index (κ3) is 6.20. The average molecular weight is 286 g/mol. The summed E-state index contributed by atoms with van der Waals surface area (Å²) >= 11 is 0. The molecule has 0 saturated carbocycles. The van der Waals surface area contributed by atoms with Gasteiger partial charge in [0.2, 0.25) is 0 Å². The van der Waals surface area contributed by atoms with Crippen LogP contribution in [0.5, 0.6) is 0 Å². The van der Waals surface area contributed by atoms with Crippen molar-refractivity contribution in [1.29, 1.82) is 0 Å². The van der Waals surface area contributed by atoms with Crippen LogP contribution in [0.4, 0.5) is 0 Å². The van der Waals surface area contributed by atoms with Gasteiger partial charge < -0.3 is 14.8 Å². The van der Waals surface area contributed by atoms with Crippen molar-refractivity contribution in [3.05, 3.63) is 0 Å². The lowest BCUT2D eigenvalue weighted by Crippen LogP contribution is -2.47. The van der Waals surface area contributed by atoms with Gasteiger partial charge in [0.05, 0.1) is 19.3 Å². The maximum absolute atomic E-state index is 11.9. The van der Waals surface area contributed by atoms with Crippen LogP contribution in [0.25, 0.3) is 0 Å². The number of hydrogen-bond donors (Lipinski definition) is 1. The van der Waals surface area contributed by atoms with E-state index in [2.05, 4.69) is 17.1 Å². The summed E-state index contributed by atoms with van der Waals surface area (Å²) < 4.78 is 10.8. The molecule has 20 heavy (non-hydrogen) atoms. The van der Waals surface area contributed by atoms with Gasteiger partial charge in [0.25, 0.3) is 0 Å². The first-order valence-electron chi connectivity index (χ1n) is 7.83. The molecular weight excluding hydrogens is 256 g/mol. The lowest BCUT2D eigenvalue weighted by atomic mass is 10.1. The number of carbonyl (C=O) groups is 1. The van der Waals surface area contributed by atoms with Gasteiger partial charge >= 0.3 is 5.97 Å². The number of rotatable bonds is 8. The molecule has 1 fully saturated rings. The van der Waals surface area contributed by atoms with Crippen molar-refractivity contribution >= 4 is 5.97 Å². The van der Waals surface area contributed by atoms with E-state index in [0.717, 1.165) is 39.1 Å². The number of nitrogens with one attached hydrogen (secondary N) is 1. The molecule has 1 aliphatic rings. The van der Waals surface area contributed by atoms with Gasteiger partial charge in [0.1, 0.15) is 6.04 Å². The Bertz CT molecular complexity index is 284. The van der Waals surface area contributed by atoms with Crippen LogP contribution in [0.3, 0.4) is 0 Å². The van der Waals surface area contributed by atoms with Crippen LogP contribution in [0.15, 0.2) is 0 Å². The zero-order valence-electron chi connectivity index (χ0n) is 13.4. The van der Waals surface area contributed by atoms with Crippen molar-refractivity contribution in [2.75, 3.05) is 32.8 Å². The Balaban J connectivity index is 2.42. The van der Waals surface area contributed by atoms with Gasteiger partial charge in [-0.05, 0) is 19.8 Å². The number of carbonyl (C=O) groups excluding carboxylic acids is 1. The van der Waals surface area contributed by atoms with E-state index in [-0.39, 0.29) is 18.1 Å². The zero-order valence-corrected chi connectivity index (χ0v) is 13.4. The minimum atomic E-state index is -0.210. The molecule has 118 valence electrons. The molecule has 1 saturated heterocycles. The summed E-state index contributed by atoms with van der Waals surface area (Å²) in [6.45, 7) is 12.1. The summed E-state index contributed by atoms with van der Waals surface area (Å²) in [6.07, 6.45) is 2.16. The van der Waals surface area contributed by atoms with Crippen molar-refractivity contribution in [2.24, 2.45) is 0 Å². The van der Waals surface area contributed by atoms with Crippen LogP contribution in [0.1, 0.15) is 40.5 Å². The molecule has 5 nitrogen and oxygen atoms in total. The lowest BCUT2D eigenvalue weighted by Gasteiger charge is -2.33. The highest BCUT2D eigenvalue weighted by Crippen LogP contribution is 2.10. The number of ether oxygens (including phenoxy) is 2. The summed E-state index contributed by atoms with van der Waals surface area (Å²) in [6, 6.07) is 0.0651. The Labute approximate surface area is 123 Å². The normalized spacial score (nSPS) is 21.9. The molecule has 1 heterocycles. The predicted octanol–water partition coefficient (Wildman–Crippen LogP) is 1.42. The molecule has 5 heteroatoms. The Morgan fingerprint density at radius 1 is 1.45 bits per heavy atom. The summed E-state index contributed by atoms with van der Waals surface area (Å²) in [5, 5.41) is 3.30. The molecule has 0 aromatic rings. The first-order chi connectivity index (χ1) is 9.56. The maximum Gasteiger partial charge on any atom is 0.323 e. The predicted molar refractivity (Wildman–Crippen MR) is 79.8 cm³/mol. The fourth-order valence-corrected chi connectivity index (χ4v) is 2.46. The van der Waals surface area contributed by atoms with E-state index in [0.29, 0.717) is 12.7 Å².